The van der Waals surface area contributed by atoms with Gasteiger partial charge in [0.05, 0.1) is 18.1 Å². The molecule has 2 heterocycles. The van der Waals surface area contributed by atoms with Crippen LogP contribution in [-0.2, 0) is 6.54 Å². The Balaban J connectivity index is 1.77. The van der Waals surface area contributed by atoms with E-state index in [4.69, 9.17) is 0 Å². The van der Waals surface area contributed by atoms with E-state index < -0.39 is 5.82 Å². The van der Waals surface area contributed by atoms with Crippen molar-refractivity contribution in [1.29, 1.82) is 0 Å². The first kappa shape index (κ1) is 21.0. The van der Waals surface area contributed by atoms with Gasteiger partial charge in [-0.1, -0.05) is 31.7 Å². The molecule has 7 nitrogen and oxygen atoms in total. The van der Waals surface area contributed by atoms with Crippen LogP contribution in [0.15, 0.2) is 35.6 Å². The molecule has 3 rings (SSSR count). The van der Waals surface area contributed by atoms with Crippen LogP contribution in [0.4, 0.5) is 10.2 Å². The number of amides is 1. The van der Waals surface area contributed by atoms with Gasteiger partial charge in [-0.25, -0.2) is 19.0 Å². The highest BCUT2D eigenvalue weighted by Gasteiger charge is 2.15. The van der Waals surface area contributed by atoms with Gasteiger partial charge in [-0.3, -0.25) is 4.79 Å². The Bertz CT molecular complexity index is 1000. The summed E-state index contributed by atoms with van der Waals surface area (Å²) in [4.78, 5) is 21.5. The topological polar surface area (TPSA) is 84.7 Å². The van der Waals surface area contributed by atoms with Crippen LogP contribution >= 0.6 is 11.8 Å². The number of anilines is 1. The molecular weight excluding hydrogens is 391 g/mol. The Labute approximate surface area is 173 Å². The van der Waals surface area contributed by atoms with E-state index in [-0.39, 0.29) is 17.5 Å². The van der Waals surface area contributed by atoms with E-state index in [2.05, 4.69) is 53.4 Å². The van der Waals surface area contributed by atoms with Gasteiger partial charge in [-0.2, -0.15) is 5.10 Å². The highest BCUT2D eigenvalue weighted by Crippen LogP contribution is 2.26. The van der Waals surface area contributed by atoms with E-state index in [0.717, 1.165) is 11.2 Å². The summed E-state index contributed by atoms with van der Waals surface area (Å²) < 4.78 is 15.0. The second-order valence-electron chi connectivity index (χ2n) is 7.19. The number of carbonyl (C=O) groups is 1. The zero-order valence-electron chi connectivity index (χ0n) is 16.9. The Hall–Kier alpha value is -2.68. The van der Waals surface area contributed by atoms with E-state index in [1.54, 1.807) is 28.7 Å². The fourth-order valence-electron chi connectivity index (χ4n) is 2.75. The van der Waals surface area contributed by atoms with Gasteiger partial charge >= 0.3 is 0 Å². The second kappa shape index (κ2) is 9.21. The summed E-state index contributed by atoms with van der Waals surface area (Å²) in [7, 11) is 0. The fraction of sp³-hybridized carbons (Fsp3) is 0.400. The number of carbonyl (C=O) groups excluding carboxylic acids is 1. The minimum absolute atomic E-state index is 0.221. The van der Waals surface area contributed by atoms with E-state index in [0.29, 0.717) is 29.1 Å². The predicted molar refractivity (Wildman–Crippen MR) is 114 cm³/mol. The van der Waals surface area contributed by atoms with Crippen molar-refractivity contribution >= 4 is 34.5 Å². The number of benzene rings is 1. The molecule has 0 aliphatic heterocycles. The van der Waals surface area contributed by atoms with Crippen LogP contribution in [0.2, 0.25) is 0 Å². The van der Waals surface area contributed by atoms with Gasteiger partial charge in [0.15, 0.2) is 10.8 Å². The maximum atomic E-state index is 13.3. The standard InChI is InChI=1S/C20H25FN6OS/c1-12(2)24-17-16-11-23-27(18(16)26-20(25-17)29-13(3)4)9-8-22-19(28)14-6-5-7-15(21)10-14/h5-7,10-13H,8-9H2,1-4H3,(H,22,28)(H,24,25,26). The Kier molecular flexibility index (Phi) is 6.68. The van der Waals surface area contributed by atoms with Crippen LogP contribution in [0.1, 0.15) is 38.1 Å². The van der Waals surface area contributed by atoms with Gasteiger partial charge in [0, 0.05) is 23.4 Å². The quantitative estimate of drug-likeness (QED) is 0.430. The molecule has 2 aromatic heterocycles. The Morgan fingerprint density at radius 3 is 2.72 bits per heavy atom. The molecule has 3 aromatic rings. The number of fused-ring (bicyclic) bond motifs is 1. The fourth-order valence-corrected chi connectivity index (χ4v) is 3.46. The summed E-state index contributed by atoms with van der Waals surface area (Å²) in [6, 6.07) is 5.83. The highest BCUT2D eigenvalue weighted by molar-refractivity contribution is 7.99. The molecule has 154 valence electrons. The summed E-state index contributed by atoms with van der Waals surface area (Å²) in [6.45, 7) is 9.06. The zero-order valence-corrected chi connectivity index (χ0v) is 17.8. The molecule has 0 saturated carbocycles. The first-order chi connectivity index (χ1) is 13.8. The predicted octanol–water partition coefficient (Wildman–Crippen LogP) is 3.72. The molecule has 0 atom stereocenters. The van der Waals surface area contributed by atoms with Crippen LogP contribution in [0.25, 0.3) is 11.0 Å². The molecule has 1 amide bonds. The van der Waals surface area contributed by atoms with Crippen molar-refractivity contribution in [2.24, 2.45) is 0 Å². The van der Waals surface area contributed by atoms with Crippen molar-refractivity contribution in [2.45, 2.75) is 50.7 Å². The van der Waals surface area contributed by atoms with Crippen LogP contribution in [0.5, 0.6) is 0 Å². The van der Waals surface area contributed by atoms with Gasteiger partial charge in [0.25, 0.3) is 5.91 Å². The van der Waals surface area contributed by atoms with Gasteiger partial charge in [0.1, 0.15) is 11.6 Å². The van der Waals surface area contributed by atoms with Crippen molar-refractivity contribution in [3.63, 3.8) is 0 Å². The number of nitrogens with zero attached hydrogens (tertiary/aromatic N) is 4. The Morgan fingerprint density at radius 1 is 1.24 bits per heavy atom. The molecule has 0 unspecified atom stereocenters. The summed E-state index contributed by atoms with van der Waals surface area (Å²) in [5.41, 5.74) is 1.00. The minimum Gasteiger partial charge on any atom is -0.367 e. The number of hydrogen-bond acceptors (Lipinski definition) is 6. The molecule has 0 bridgehead atoms. The third-order valence-corrected chi connectivity index (χ3v) is 4.80. The van der Waals surface area contributed by atoms with Crippen molar-refractivity contribution in [1.82, 2.24) is 25.1 Å². The molecule has 1 aromatic carbocycles. The number of nitrogens with one attached hydrogen (secondary N) is 2. The third kappa shape index (κ3) is 5.44. The maximum absolute atomic E-state index is 13.3. The normalized spacial score (nSPS) is 11.4. The van der Waals surface area contributed by atoms with Gasteiger partial charge < -0.3 is 10.6 Å². The molecule has 9 heteroatoms. The average molecular weight is 417 g/mol. The largest absolute Gasteiger partial charge is 0.367 e. The molecule has 0 fully saturated rings. The van der Waals surface area contributed by atoms with Crippen molar-refractivity contribution in [3.8, 4) is 0 Å². The average Bonchev–Trinajstić information content (AvgIpc) is 3.04. The van der Waals surface area contributed by atoms with Crippen molar-refractivity contribution in [3.05, 3.63) is 41.8 Å². The minimum atomic E-state index is -0.437. The SMILES string of the molecule is CC(C)Nc1nc(SC(C)C)nc2c1cnn2CCNC(=O)c1cccc(F)c1. The molecule has 0 radical (unpaired) electrons. The first-order valence-electron chi connectivity index (χ1n) is 9.54. The van der Waals surface area contributed by atoms with Crippen LogP contribution < -0.4 is 10.6 Å². The lowest BCUT2D eigenvalue weighted by molar-refractivity contribution is 0.0951. The van der Waals surface area contributed by atoms with E-state index in [9.17, 15) is 9.18 Å². The molecule has 0 spiro atoms. The van der Waals surface area contributed by atoms with E-state index >= 15 is 0 Å². The van der Waals surface area contributed by atoms with Gasteiger partial charge in [-0.15, -0.1) is 0 Å². The summed E-state index contributed by atoms with van der Waals surface area (Å²) >= 11 is 1.59. The lowest BCUT2D eigenvalue weighted by Gasteiger charge is -2.12. The molecule has 0 saturated heterocycles. The molecule has 0 aliphatic carbocycles. The highest BCUT2D eigenvalue weighted by atomic mass is 32.2. The van der Waals surface area contributed by atoms with Gasteiger partial charge in [-0.05, 0) is 32.0 Å². The Morgan fingerprint density at radius 2 is 2.03 bits per heavy atom. The van der Waals surface area contributed by atoms with Crippen LogP contribution in [0, 0.1) is 5.82 Å². The van der Waals surface area contributed by atoms with Crippen LogP contribution in [0.3, 0.4) is 0 Å². The molecule has 29 heavy (non-hydrogen) atoms. The zero-order chi connectivity index (χ0) is 21.0. The molecule has 2 N–H and O–H groups in total. The van der Waals surface area contributed by atoms with Crippen molar-refractivity contribution < 1.29 is 9.18 Å². The lowest BCUT2D eigenvalue weighted by atomic mass is 10.2. The summed E-state index contributed by atoms with van der Waals surface area (Å²) in [6.07, 6.45) is 1.73. The molecule has 0 aliphatic rings. The number of halogens is 1. The number of thioether (sulfide) groups is 1. The number of hydrogen-bond donors (Lipinski definition) is 2. The summed E-state index contributed by atoms with van der Waals surface area (Å²) in [5, 5.41) is 12.4. The second-order valence-corrected chi connectivity index (χ2v) is 8.74. The van der Waals surface area contributed by atoms with E-state index in [1.165, 1.54) is 18.2 Å². The monoisotopic (exact) mass is 416 g/mol. The van der Waals surface area contributed by atoms with E-state index in [1.807, 2.05) is 0 Å². The first-order valence-corrected chi connectivity index (χ1v) is 10.4. The maximum Gasteiger partial charge on any atom is 0.251 e. The van der Waals surface area contributed by atoms with Gasteiger partial charge in [0.2, 0.25) is 0 Å². The smallest absolute Gasteiger partial charge is 0.251 e. The molecular formula is C20H25FN6OS. The van der Waals surface area contributed by atoms with Crippen molar-refractivity contribution in [2.75, 3.05) is 11.9 Å². The lowest BCUT2D eigenvalue weighted by Crippen LogP contribution is -2.27. The summed E-state index contributed by atoms with van der Waals surface area (Å²) in [5.74, 6) is -0.00946. The third-order valence-electron chi connectivity index (χ3n) is 3.94. The number of aromatic nitrogens is 4. The van der Waals surface area contributed by atoms with Crippen LogP contribution in [-0.4, -0.2) is 43.5 Å². The number of rotatable bonds is 8.